The molecule has 3 atom stereocenters. The van der Waals surface area contributed by atoms with Crippen molar-refractivity contribution in [1.29, 1.82) is 0 Å². The Balaban J connectivity index is 1.52. The van der Waals surface area contributed by atoms with Gasteiger partial charge < -0.3 is 10.2 Å². The molecule has 3 unspecified atom stereocenters. The molecule has 2 aliphatic rings. The number of nitrogens with zero attached hydrogens (tertiary/aromatic N) is 1. The van der Waals surface area contributed by atoms with Crippen LogP contribution < -0.4 is 5.32 Å². The van der Waals surface area contributed by atoms with Crippen molar-refractivity contribution < 1.29 is 4.79 Å². The molecule has 24 heavy (non-hydrogen) atoms. The minimum atomic E-state index is 0.374. The van der Waals surface area contributed by atoms with Crippen LogP contribution in [0.3, 0.4) is 0 Å². The van der Waals surface area contributed by atoms with Gasteiger partial charge in [-0.3, -0.25) is 4.79 Å². The number of rotatable bonds is 4. The number of carbonyl (C=O) groups excluding carboxylic acids is 1. The molecule has 2 fully saturated rings. The molecule has 0 aromatic heterocycles. The third-order valence-electron chi connectivity index (χ3n) is 6.17. The summed E-state index contributed by atoms with van der Waals surface area (Å²) in [6.07, 6.45) is 4.27. The number of amides is 1. The predicted octanol–water partition coefficient (Wildman–Crippen LogP) is 3.66. The van der Waals surface area contributed by atoms with E-state index >= 15 is 0 Å². The molecule has 0 saturated carbocycles. The molecule has 3 rings (SSSR count). The van der Waals surface area contributed by atoms with Crippen molar-refractivity contribution in [1.82, 2.24) is 10.2 Å². The number of hydrogen-bond donors (Lipinski definition) is 1. The molecule has 1 aromatic rings. The van der Waals surface area contributed by atoms with Gasteiger partial charge in [-0.25, -0.2) is 0 Å². The SMILES string of the molecule is CC(CC(=O)N1CCC(c2ccccc2)C(C)C1)C1CCNCC1. The monoisotopic (exact) mass is 328 g/mol. The van der Waals surface area contributed by atoms with E-state index in [2.05, 4.69) is 54.4 Å². The van der Waals surface area contributed by atoms with Crippen molar-refractivity contribution in [3.63, 3.8) is 0 Å². The van der Waals surface area contributed by atoms with Gasteiger partial charge in [0, 0.05) is 19.5 Å². The van der Waals surface area contributed by atoms with Gasteiger partial charge in [-0.05, 0) is 61.6 Å². The summed E-state index contributed by atoms with van der Waals surface area (Å²) in [4.78, 5) is 14.9. The molecule has 1 aromatic carbocycles. The first-order valence-electron chi connectivity index (χ1n) is 9.68. The van der Waals surface area contributed by atoms with E-state index in [-0.39, 0.29) is 0 Å². The van der Waals surface area contributed by atoms with Crippen LogP contribution in [-0.4, -0.2) is 37.0 Å². The van der Waals surface area contributed by atoms with Crippen LogP contribution in [0.5, 0.6) is 0 Å². The fourth-order valence-electron chi connectivity index (χ4n) is 4.55. The van der Waals surface area contributed by atoms with E-state index in [0.717, 1.165) is 44.9 Å². The van der Waals surface area contributed by atoms with Crippen LogP contribution in [0.1, 0.15) is 51.0 Å². The Morgan fingerprint density at radius 1 is 1.21 bits per heavy atom. The van der Waals surface area contributed by atoms with Crippen LogP contribution in [0.4, 0.5) is 0 Å². The van der Waals surface area contributed by atoms with Gasteiger partial charge in [0.05, 0.1) is 0 Å². The Morgan fingerprint density at radius 3 is 2.58 bits per heavy atom. The smallest absolute Gasteiger partial charge is 0.222 e. The molecule has 1 amide bonds. The van der Waals surface area contributed by atoms with Gasteiger partial charge >= 0.3 is 0 Å². The second-order valence-corrected chi connectivity index (χ2v) is 7.89. The van der Waals surface area contributed by atoms with Crippen LogP contribution in [0.15, 0.2) is 30.3 Å². The number of benzene rings is 1. The minimum Gasteiger partial charge on any atom is -0.342 e. The lowest BCUT2D eigenvalue weighted by molar-refractivity contribution is -0.134. The minimum absolute atomic E-state index is 0.374. The number of carbonyl (C=O) groups is 1. The van der Waals surface area contributed by atoms with E-state index in [1.165, 1.54) is 18.4 Å². The maximum Gasteiger partial charge on any atom is 0.222 e. The van der Waals surface area contributed by atoms with E-state index in [1.807, 2.05) is 0 Å². The van der Waals surface area contributed by atoms with E-state index in [1.54, 1.807) is 0 Å². The fourth-order valence-corrected chi connectivity index (χ4v) is 4.55. The molecule has 0 spiro atoms. The van der Waals surface area contributed by atoms with Crippen molar-refractivity contribution in [3.05, 3.63) is 35.9 Å². The third-order valence-corrected chi connectivity index (χ3v) is 6.17. The molecule has 2 heterocycles. The highest BCUT2D eigenvalue weighted by molar-refractivity contribution is 5.76. The number of piperidine rings is 2. The number of likely N-dealkylation sites (tertiary alicyclic amines) is 1. The van der Waals surface area contributed by atoms with Gasteiger partial charge in [-0.2, -0.15) is 0 Å². The topological polar surface area (TPSA) is 32.3 Å². The normalized spacial score (nSPS) is 27.0. The summed E-state index contributed by atoms with van der Waals surface area (Å²) in [5.41, 5.74) is 1.43. The van der Waals surface area contributed by atoms with Gasteiger partial charge in [-0.15, -0.1) is 0 Å². The van der Waals surface area contributed by atoms with Crippen LogP contribution >= 0.6 is 0 Å². The van der Waals surface area contributed by atoms with Crippen molar-refractivity contribution in [3.8, 4) is 0 Å². The van der Waals surface area contributed by atoms with Crippen LogP contribution in [0, 0.1) is 17.8 Å². The largest absolute Gasteiger partial charge is 0.342 e. The molecule has 2 aliphatic heterocycles. The van der Waals surface area contributed by atoms with E-state index in [9.17, 15) is 4.79 Å². The van der Waals surface area contributed by atoms with E-state index in [4.69, 9.17) is 0 Å². The average molecular weight is 329 g/mol. The summed E-state index contributed by atoms with van der Waals surface area (Å²) in [6.45, 7) is 8.63. The molecule has 1 N–H and O–H groups in total. The Labute approximate surface area is 146 Å². The standard InChI is InChI=1S/C21H32N2O/c1-16(18-8-11-22-12-9-18)14-21(24)23-13-10-20(17(2)15-23)19-6-4-3-5-7-19/h3-7,16-18,20,22H,8-15H2,1-2H3. The highest BCUT2D eigenvalue weighted by atomic mass is 16.2. The van der Waals surface area contributed by atoms with E-state index < -0.39 is 0 Å². The van der Waals surface area contributed by atoms with Crippen molar-refractivity contribution >= 4 is 5.91 Å². The average Bonchev–Trinajstić information content (AvgIpc) is 2.63. The lowest BCUT2D eigenvalue weighted by Gasteiger charge is -2.38. The first kappa shape index (κ1) is 17.5. The summed E-state index contributed by atoms with van der Waals surface area (Å²) in [5, 5.41) is 3.42. The highest BCUT2D eigenvalue weighted by Gasteiger charge is 2.31. The molecule has 2 saturated heterocycles. The van der Waals surface area contributed by atoms with Gasteiger partial charge in [-0.1, -0.05) is 44.2 Å². The Kier molecular flexibility index (Phi) is 5.94. The maximum atomic E-state index is 12.8. The van der Waals surface area contributed by atoms with Crippen LogP contribution in [0.25, 0.3) is 0 Å². The van der Waals surface area contributed by atoms with Crippen molar-refractivity contribution in [2.24, 2.45) is 17.8 Å². The molecule has 0 bridgehead atoms. The highest BCUT2D eigenvalue weighted by Crippen LogP contribution is 2.33. The maximum absolute atomic E-state index is 12.8. The van der Waals surface area contributed by atoms with Crippen LogP contribution in [0.2, 0.25) is 0 Å². The molecule has 0 radical (unpaired) electrons. The summed E-state index contributed by atoms with van der Waals surface area (Å²) >= 11 is 0. The van der Waals surface area contributed by atoms with Crippen molar-refractivity contribution in [2.75, 3.05) is 26.2 Å². The van der Waals surface area contributed by atoms with Crippen LogP contribution in [-0.2, 0) is 4.79 Å². The summed E-state index contributed by atoms with van der Waals surface area (Å²) in [6, 6.07) is 10.8. The molecular weight excluding hydrogens is 296 g/mol. The zero-order chi connectivity index (χ0) is 16.9. The molecular formula is C21H32N2O. The lowest BCUT2D eigenvalue weighted by Crippen LogP contribution is -2.43. The fraction of sp³-hybridized carbons (Fsp3) is 0.667. The van der Waals surface area contributed by atoms with Gasteiger partial charge in [0.1, 0.15) is 0 Å². The summed E-state index contributed by atoms with van der Waals surface area (Å²) < 4.78 is 0. The lowest BCUT2D eigenvalue weighted by atomic mass is 9.80. The second-order valence-electron chi connectivity index (χ2n) is 7.89. The summed E-state index contributed by atoms with van der Waals surface area (Å²) in [7, 11) is 0. The Morgan fingerprint density at radius 2 is 1.92 bits per heavy atom. The van der Waals surface area contributed by atoms with Gasteiger partial charge in [0.2, 0.25) is 5.91 Å². The number of hydrogen-bond acceptors (Lipinski definition) is 2. The van der Waals surface area contributed by atoms with Gasteiger partial charge in [0.15, 0.2) is 0 Å². The molecule has 0 aliphatic carbocycles. The predicted molar refractivity (Wildman–Crippen MR) is 98.9 cm³/mol. The first-order chi connectivity index (χ1) is 11.6. The Bertz CT molecular complexity index is 524. The quantitative estimate of drug-likeness (QED) is 0.915. The molecule has 132 valence electrons. The summed E-state index contributed by atoms with van der Waals surface area (Å²) in [5.74, 6) is 2.74. The zero-order valence-corrected chi connectivity index (χ0v) is 15.2. The first-order valence-corrected chi connectivity index (χ1v) is 9.68. The zero-order valence-electron chi connectivity index (χ0n) is 15.2. The van der Waals surface area contributed by atoms with Crippen molar-refractivity contribution in [2.45, 2.75) is 45.4 Å². The van der Waals surface area contributed by atoms with E-state index in [0.29, 0.717) is 23.7 Å². The molecule has 3 nitrogen and oxygen atoms in total. The Hall–Kier alpha value is -1.35. The third kappa shape index (κ3) is 4.18. The number of nitrogens with one attached hydrogen (secondary N) is 1. The van der Waals surface area contributed by atoms with Gasteiger partial charge in [0.25, 0.3) is 0 Å². The second kappa shape index (κ2) is 8.15. The molecule has 3 heteroatoms.